The van der Waals surface area contributed by atoms with E-state index < -0.39 is 17.9 Å². The van der Waals surface area contributed by atoms with Gasteiger partial charge < -0.3 is 10.5 Å². The minimum Gasteiger partial charge on any atom is -0.373 e. The fourth-order valence-electron chi connectivity index (χ4n) is 4.35. The first kappa shape index (κ1) is 21.4. The summed E-state index contributed by atoms with van der Waals surface area (Å²) < 4.78 is 19.6. The van der Waals surface area contributed by atoms with Gasteiger partial charge in [-0.25, -0.2) is 14.0 Å². The Hall–Kier alpha value is -2.34. The van der Waals surface area contributed by atoms with Crippen LogP contribution in [0.1, 0.15) is 62.5 Å². The van der Waals surface area contributed by atoms with Gasteiger partial charge in [0, 0.05) is 9.64 Å². The molecular formula is C23H26FNO3S. The number of ether oxygens (including phenoxy) is 1. The Bertz CT molecular complexity index is 998. The number of primary amides is 1. The summed E-state index contributed by atoms with van der Waals surface area (Å²) in [5.74, 6) is -1.76. The van der Waals surface area contributed by atoms with Gasteiger partial charge in [0.15, 0.2) is 0 Å². The number of rotatable bonds is 3. The third kappa shape index (κ3) is 4.17. The number of amides is 1. The highest BCUT2D eigenvalue weighted by Crippen LogP contribution is 2.51. The van der Waals surface area contributed by atoms with E-state index in [0.29, 0.717) is 12.0 Å². The smallest absolute Gasteiger partial charge is 0.373 e. The van der Waals surface area contributed by atoms with Crippen molar-refractivity contribution in [1.29, 1.82) is 0 Å². The molecule has 29 heavy (non-hydrogen) atoms. The maximum absolute atomic E-state index is 15.1. The Labute approximate surface area is 175 Å². The van der Waals surface area contributed by atoms with Crippen LogP contribution in [0.4, 0.5) is 9.18 Å². The number of halogens is 1. The Kier molecular flexibility index (Phi) is 5.52. The average Bonchev–Trinajstić information content (AvgIpc) is 2.58. The molecule has 1 aliphatic heterocycles. The van der Waals surface area contributed by atoms with Crippen LogP contribution in [-0.4, -0.2) is 16.8 Å². The molecule has 0 bridgehead atoms. The molecule has 1 amide bonds. The highest BCUT2D eigenvalue weighted by molar-refractivity contribution is 8.00. The number of hydrogen-bond donors (Lipinski definition) is 1. The monoisotopic (exact) mass is 415 g/mol. The van der Waals surface area contributed by atoms with Crippen molar-refractivity contribution < 1.29 is 18.7 Å². The van der Waals surface area contributed by atoms with Gasteiger partial charge in [-0.3, -0.25) is 0 Å². The number of esters is 1. The van der Waals surface area contributed by atoms with Crippen LogP contribution >= 0.6 is 11.8 Å². The zero-order chi connectivity index (χ0) is 21.6. The van der Waals surface area contributed by atoms with Crippen molar-refractivity contribution in [2.24, 2.45) is 5.73 Å². The van der Waals surface area contributed by atoms with E-state index in [1.807, 2.05) is 24.8 Å². The summed E-state index contributed by atoms with van der Waals surface area (Å²) in [6.07, 6.45) is 0.170. The molecule has 0 aromatic heterocycles. The van der Waals surface area contributed by atoms with Crippen LogP contribution in [0, 0.1) is 5.82 Å². The number of benzene rings is 2. The Morgan fingerprint density at radius 1 is 1.17 bits per heavy atom. The number of carbonyl (C=O) groups is 2. The van der Waals surface area contributed by atoms with Gasteiger partial charge in [0.2, 0.25) is 0 Å². The topological polar surface area (TPSA) is 69.4 Å². The molecule has 3 rings (SSSR count). The van der Waals surface area contributed by atoms with Crippen molar-refractivity contribution in [3.8, 4) is 11.1 Å². The molecule has 1 aliphatic rings. The van der Waals surface area contributed by atoms with E-state index in [2.05, 4.69) is 44.6 Å². The van der Waals surface area contributed by atoms with Crippen LogP contribution < -0.4 is 5.73 Å². The molecule has 4 nitrogen and oxygen atoms in total. The summed E-state index contributed by atoms with van der Waals surface area (Å²) >= 11 is 1.87. The lowest BCUT2D eigenvalue weighted by Crippen LogP contribution is -2.33. The van der Waals surface area contributed by atoms with E-state index in [0.717, 1.165) is 17.5 Å². The first-order valence-corrected chi connectivity index (χ1v) is 10.4. The van der Waals surface area contributed by atoms with Crippen molar-refractivity contribution in [3.63, 3.8) is 0 Å². The van der Waals surface area contributed by atoms with E-state index in [-0.39, 0.29) is 15.7 Å². The third-order valence-electron chi connectivity index (χ3n) is 5.28. The number of carbonyl (C=O) groups excluding carboxylic acids is 2. The fourth-order valence-corrected chi connectivity index (χ4v) is 5.96. The van der Waals surface area contributed by atoms with Gasteiger partial charge in [0.25, 0.3) is 0 Å². The summed E-state index contributed by atoms with van der Waals surface area (Å²) in [7, 11) is 0. The zero-order valence-electron chi connectivity index (χ0n) is 17.4. The molecule has 2 aromatic carbocycles. The average molecular weight is 416 g/mol. The number of thioether (sulfide) groups is 1. The molecule has 0 radical (unpaired) electrons. The third-order valence-corrected chi connectivity index (χ3v) is 6.56. The predicted octanol–water partition coefficient (Wildman–Crippen LogP) is 5.84. The second-order valence-corrected chi connectivity index (χ2v) is 10.4. The van der Waals surface area contributed by atoms with Crippen LogP contribution in [0.5, 0.6) is 0 Å². The fraction of sp³-hybridized carbons (Fsp3) is 0.391. The summed E-state index contributed by atoms with van der Waals surface area (Å²) in [5.41, 5.74) is 7.87. The van der Waals surface area contributed by atoms with E-state index in [1.54, 1.807) is 6.07 Å². The summed E-state index contributed by atoms with van der Waals surface area (Å²) in [6.45, 7) is 10.8. The van der Waals surface area contributed by atoms with E-state index in [4.69, 9.17) is 5.73 Å². The Balaban J connectivity index is 2.09. The summed E-state index contributed by atoms with van der Waals surface area (Å²) in [6, 6.07) is 9.28. The summed E-state index contributed by atoms with van der Waals surface area (Å²) in [5, 5.41) is 0. The molecule has 0 atom stereocenters. The van der Waals surface area contributed by atoms with Crippen molar-refractivity contribution in [2.45, 2.75) is 62.5 Å². The number of nitrogens with two attached hydrogens (primary N) is 1. The first-order valence-electron chi connectivity index (χ1n) is 9.62. The van der Waals surface area contributed by atoms with Crippen molar-refractivity contribution in [2.75, 3.05) is 0 Å². The van der Waals surface area contributed by atoms with E-state index in [1.165, 1.54) is 16.5 Å². The highest BCUT2D eigenvalue weighted by atomic mass is 32.2. The zero-order valence-corrected chi connectivity index (χ0v) is 18.2. The molecule has 0 unspecified atom stereocenters. The molecule has 0 spiro atoms. The van der Waals surface area contributed by atoms with Gasteiger partial charge in [0.05, 0.1) is 5.56 Å². The first-order chi connectivity index (χ1) is 13.4. The molecular weight excluding hydrogens is 389 g/mol. The van der Waals surface area contributed by atoms with Crippen LogP contribution in [0.25, 0.3) is 11.1 Å². The summed E-state index contributed by atoms with van der Waals surface area (Å²) in [4.78, 5) is 24.0. The SMILES string of the molecule is CCc1c(-c2ccc3c(c2)C(C)(C)CC(C)(C)S3)ccc(C(=O)OC(N)=O)c1F. The highest BCUT2D eigenvalue weighted by Gasteiger charge is 2.38. The molecule has 154 valence electrons. The molecule has 6 heteroatoms. The van der Waals surface area contributed by atoms with Gasteiger partial charge in [-0.2, -0.15) is 0 Å². The minimum atomic E-state index is -1.26. The van der Waals surface area contributed by atoms with Gasteiger partial charge in [-0.05, 0) is 58.7 Å². The second kappa shape index (κ2) is 7.48. The van der Waals surface area contributed by atoms with Gasteiger partial charge in [-0.1, -0.05) is 46.8 Å². The lowest BCUT2D eigenvalue weighted by molar-refractivity contribution is 0.0633. The van der Waals surface area contributed by atoms with Crippen LogP contribution in [0.15, 0.2) is 35.2 Å². The minimum absolute atomic E-state index is 0.00372. The van der Waals surface area contributed by atoms with Crippen molar-refractivity contribution in [1.82, 2.24) is 0 Å². The Morgan fingerprint density at radius 3 is 2.48 bits per heavy atom. The lowest BCUT2D eigenvalue weighted by Gasteiger charge is -2.42. The number of fused-ring (bicyclic) bond motifs is 1. The molecule has 0 saturated heterocycles. The quantitative estimate of drug-likeness (QED) is 0.505. The lowest BCUT2D eigenvalue weighted by atomic mass is 9.76. The standard InChI is InChI=1S/C23H26FNO3S/c1-6-14-15(8-9-16(19(14)24)20(26)28-21(25)27)13-7-10-18-17(11-13)22(2,3)12-23(4,5)29-18/h7-11H,6,12H2,1-5H3,(H2,25,27). The number of hydrogen-bond acceptors (Lipinski definition) is 4. The van der Waals surface area contributed by atoms with Gasteiger partial charge in [0.1, 0.15) is 5.82 Å². The normalized spacial score (nSPS) is 16.8. The van der Waals surface area contributed by atoms with Crippen molar-refractivity contribution >= 4 is 23.8 Å². The van der Waals surface area contributed by atoms with Crippen LogP contribution in [-0.2, 0) is 16.6 Å². The van der Waals surface area contributed by atoms with E-state index in [9.17, 15) is 9.59 Å². The molecule has 2 aromatic rings. The largest absolute Gasteiger partial charge is 0.412 e. The molecule has 0 aliphatic carbocycles. The maximum Gasteiger partial charge on any atom is 0.412 e. The van der Waals surface area contributed by atoms with E-state index >= 15 is 4.39 Å². The second-order valence-electron chi connectivity index (χ2n) is 8.65. The molecule has 0 fully saturated rings. The maximum atomic E-state index is 15.1. The Morgan fingerprint density at radius 2 is 1.86 bits per heavy atom. The van der Waals surface area contributed by atoms with Gasteiger partial charge in [-0.15, -0.1) is 11.8 Å². The van der Waals surface area contributed by atoms with Crippen molar-refractivity contribution in [3.05, 3.63) is 52.8 Å². The molecule has 0 saturated carbocycles. The van der Waals surface area contributed by atoms with Gasteiger partial charge >= 0.3 is 12.1 Å². The van der Waals surface area contributed by atoms with Crippen LogP contribution in [0.3, 0.4) is 0 Å². The van der Waals surface area contributed by atoms with Crippen LogP contribution in [0.2, 0.25) is 0 Å². The molecule has 2 N–H and O–H groups in total. The predicted molar refractivity (Wildman–Crippen MR) is 114 cm³/mol. The molecule has 1 heterocycles.